The van der Waals surface area contributed by atoms with Gasteiger partial charge in [-0.3, -0.25) is 18.2 Å². The third-order valence-electron chi connectivity index (χ3n) is 0. The Balaban J connectivity index is -0.00000000762. The van der Waals surface area contributed by atoms with Gasteiger partial charge in [-0.15, -0.1) is 0 Å². The lowest BCUT2D eigenvalue weighted by Crippen LogP contribution is -1.89. The molecule has 17 heavy (non-hydrogen) atoms. The standard InChI is InChI=1S/H3N.2H2O4S.6H2O/c;2*1-5(2,3)4;;;;;;/h1H3;2*(H2,1,2,3,4);6*1H2. The third-order valence-corrected chi connectivity index (χ3v) is 0. The largest absolute Gasteiger partial charge is 0.412 e. The number of hydrogen-bond acceptors (Lipinski definition) is 5. The van der Waals surface area contributed by atoms with Crippen LogP contribution in [0.4, 0.5) is 0 Å². The van der Waals surface area contributed by atoms with Crippen LogP contribution >= 0.6 is 0 Å². The Morgan fingerprint density at radius 3 is 0.471 bits per heavy atom. The van der Waals surface area contributed by atoms with Gasteiger partial charge < -0.3 is 39.0 Å². The second-order valence-electron chi connectivity index (χ2n) is 0.896. The first-order valence-corrected chi connectivity index (χ1v) is 4.19. The first-order valence-electron chi connectivity index (χ1n) is 1.40. The molecule has 0 atom stereocenters. The van der Waals surface area contributed by atoms with Crippen LogP contribution in [-0.2, 0) is 20.8 Å². The molecule has 0 radical (unpaired) electrons. The highest BCUT2D eigenvalue weighted by Gasteiger charge is 1.85. The summed E-state index contributed by atoms with van der Waals surface area (Å²) in [5.74, 6) is 0. The average molecular weight is 321 g/mol. The molecule has 120 valence electrons. The number of hydrogen-bond donors (Lipinski definition) is 5. The zero-order valence-electron chi connectivity index (χ0n) is 7.95. The van der Waals surface area contributed by atoms with Gasteiger partial charge in [0.2, 0.25) is 0 Å². The van der Waals surface area contributed by atoms with Gasteiger partial charge in [0.25, 0.3) is 0 Å². The molecular weight excluding hydrogens is 302 g/mol. The van der Waals surface area contributed by atoms with Crippen LogP contribution in [0.1, 0.15) is 0 Å². The van der Waals surface area contributed by atoms with Crippen LogP contribution in [0.25, 0.3) is 0 Å². The lowest BCUT2D eigenvalue weighted by Gasteiger charge is -1.68. The molecule has 0 amide bonds. The molecule has 0 aromatic heterocycles. The first kappa shape index (κ1) is 70.7. The minimum absolute atomic E-state index is 0. The van der Waals surface area contributed by atoms with E-state index in [1.165, 1.54) is 0 Å². The Labute approximate surface area is 95.7 Å². The first-order chi connectivity index (χ1) is 4.00. The van der Waals surface area contributed by atoms with E-state index in [0.29, 0.717) is 0 Å². The minimum Gasteiger partial charge on any atom is -0.412 e. The zero-order chi connectivity index (χ0) is 9.00. The van der Waals surface area contributed by atoms with Gasteiger partial charge in [-0.05, 0) is 0 Å². The van der Waals surface area contributed by atoms with Gasteiger partial charge in [0, 0.05) is 0 Å². The SMILES string of the molecule is N.O.O.O.O.O.O.O=S(=O)(O)O.O=S(=O)(O)O. The van der Waals surface area contributed by atoms with Crippen LogP contribution in [0.15, 0.2) is 0 Å². The summed E-state index contributed by atoms with van der Waals surface area (Å²) in [5.41, 5.74) is 0. The molecule has 0 aromatic carbocycles. The summed E-state index contributed by atoms with van der Waals surface area (Å²) in [6.45, 7) is 0. The molecule has 0 heterocycles. The van der Waals surface area contributed by atoms with E-state index in [1.54, 1.807) is 0 Å². The van der Waals surface area contributed by atoms with Crippen molar-refractivity contribution in [3.8, 4) is 0 Å². The van der Waals surface area contributed by atoms with Crippen LogP contribution in [0, 0.1) is 0 Å². The predicted octanol–water partition coefficient (Wildman–Crippen LogP) is -6.09. The maximum atomic E-state index is 8.74. The molecule has 0 saturated heterocycles. The van der Waals surface area contributed by atoms with Crippen molar-refractivity contribution >= 4 is 20.8 Å². The van der Waals surface area contributed by atoms with Crippen molar-refractivity contribution in [2.45, 2.75) is 0 Å². The van der Waals surface area contributed by atoms with E-state index in [1.807, 2.05) is 0 Å². The fourth-order valence-corrected chi connectivity index (χ4v) is 0. The van der Waals surface area contributed by atoms with E-state index in [0.717, 1.165) is 0 Å². The summed E-state index contributed by atoms with van der Waals surface area (Å²) < 4.78 is 63.2. The van der Waals surface area contributed by atoms with Crippen molar-refractivity contribution in [2.75, 3.05) is 0 Å². The highest BCUT2D eigenvalue weighted by atomic mass is 32.3. The molecule has 0 aliphatic carbocycles. The number of rotatable bonds is 0. The van der Waals surface area contributed by atoms with Crippen LogP contribution in [0.3, 0.4) is 0 Å². The Hall–Kier alpha value is -0.540. The Morgan fingerprint density at radius 1 is 0.471 bits per heavy atom. The van der Waals surface area contributed by atoms with Crippen LogP contribution in [0.5, 0.6) is 0 Å². The molecule has 0 bridgehead atoms. The molecular formula is H19NO14S2. The van der Waals surface area contributed by atoms with Gasteiger partial charge in [0.15, 0.2) is 0 Å². The Kier molecular flexibility index (Phi) is 102. The third kappa shape index (κ3) is 9610. The van der Waals surface area contributed by atoms with E-state index in [2.05, 4.69) is 0 Å². The Bertz CT molecular complexity index is 211. The Morgan fingerprint density at radius 2 is 0.471 bits per heavy atom. The van der Waals surface area contributed by atoms with E-state index >= 15 is 0 Å². The maximum Gasteiger partial charge on any atom is 0.394 e. The lowest BCUT2D eigenvalue weighted by atomic mass is 14.0. The van der Waals surface area contributed by atoms with Gasteiger partial charge in [-0.25, -0.2) is 0 Å². The highest BCUT2D eigenvalue weighted by Crippen LogP contribution is 1.59. The molecule has 0 aliphatic heterocycles. The van der Waals surface area contributed by atoms with Gasteiger partial charge in [-0.2, -0.15) is 16.8 Å². The van der Waals surface area contributed by atoms with Crippen molar-refractivity contribution in [3.63, 3.8) is 0 Å². The molecule has 0 rings (SSSR count). The summed E-state index contributed by atoms with van der Waals surface area (Å²) in [6, 6.07) is 0. The summed E-state index contributed by atoms with van der Waals surface area (Å²) in [5, 5.41) is 0. The van der Waals surface area contributed by atoms with E-state index < -0.39 is 20.8 Å². The smallest absolute Gasteiger partial charge is 0.394 e. The summed E-state index contributed by atoms with van der Waals surface area (Å²) in [7, 11) is -9.33. The van der Waals surface area contributed by atoms with E-state index in [9.17, 15) is 0 Å². The van der Waals surface area contributed by atoms with Crippen molar-refractivity contribution in [1.29, 1.82) is 0 Å². The highest BCUT2D eigenvalue weighted by molar-refractivity contribution is 7.80. The second kappa shape index (κ2) is 24.6. The molecule has 19 N–H and O–H groups in total. The van der Waals surface area contributed by atoms with Gasteiger partial charge >= 0.3 is 20.8 Å². The quantitative estimate of drug-likeness (QED) is 0.264. The van der Waals surface area contributed by atoms with Crippen molar-refractivity contribution in [2.24, 2.45) is 0 Å². The maximum absolute atomic E-state index is 8.74. The molecule has 0 fully saturated rings. The van der Waals surface area contributed by atoms with Gasteiger partial charge in [-0.1, -0.05) is 0 Å². The molecule has 15 nitrogen and oxygen atoms in total. The summed E-state index contributed by atoms with van der Waals surface area (Å²) in [4.78, 5) is 0. The lowest BCUT2D eigenvalue weighted by molar-refractivity contribution is 0.378. The molecule has 0 aliphatic rings. The normalized spacial score (nSPS) is 6.82. The van der Waals surface area contributed by atoms with Crippen molar-refractivity contribution in [3.05, 3.63) is 0 Å². The van der Waals surface area contributed by atoms with E-state index in [4.69, 9.17) is 35.0 Å². The topological polar surface area (TPSA) is 373 Å². The minimum atomic E-state index is -4.67. The second-order valence-corrected chi connectivity index (χ2v) is 2.69. The molecule has 0 spiro atoms. The van der Waals surface area contributed by atoms with E-state index in [-0.39, 0.29) is 39.0 Å². The summed E-state index contributed by atoms with van der Waals surface area (Å²) in [6.07, 6.45) is 0. The van der Waals surface area contributed by atoms with Crippen LogP contribution in [0.2, 0.25) is 0 Å². The molecule has 0 saturated carbocycles. The van der Waals surface area contributed by atoms with Crippen molar-refractivity contribution < 1.29 is 67.9 Å². The fraction of sp³-hybridized carbons (Fsp3) is 0. The van der Waals surface area contributed by atoms with Crippen molar-refractivity contribution in [1.82, 2.24) is 6.15 Å². The zero-order valence-corrected chi connectivity index (χ0v) is 9.58. The monoisotopic (exact) mass is 321 g/mol. The molecule has 17 heteroatoms. The average Bonchev–Trinajstić information content (AvgIpc) is 1.12. The molecule has 0 aromatic rings. The molecule has 0 unspecified atom stereocenters. The summed E-state index contributed by atoms with van der Waals surface area (Å²) >= 11 is 0. The van der Waals surface area contributed by atoms with Crippen LogP contribution < -0.4 is 6.15 Å². The fourth-order valence-electron chi connectivity index (χ4n) is 0. The van der Waals surface area contributed by atoms with Crippen LogP contribution in [-0.4, -0.2) is 67.9 Å². The van der Waals surface area contributed by atoms with Gasteiger partial charge in [0.1, 0.15) is 0 Å². The van der Waals surface area contributed by atoms with Gasteiger partial charge in [0.05, 0.1) is 0 Å². The predicted molar refractivity (Wildman–Crippen MR) is 55.1 cm³/mol.